The first-order valence-electron chi connectivity index (χ1n) is 5.55. The number of hydrogen-bond acceptors (Lipinski definition) is 4. The van der Waals surface area contributed by atoms with Gasteiger partial charge >= 0.3 is 6.18 Å². The molecule has 0 spiro atoms. The van der Waals surface area contributed by atoms with Crippen molar-refractivity contribution in [1.29, 1.82) is 0 Å². The van der Waals surface area contributed by atoms with Crippen LogP contribution in [0.2, 0.25) is 0 Å². The first kappa shape index (κ1) is 16.2. The summed E-state index contributed by atoms with van der Waals surface area (Å²) < 4.78 is 60.0. The summed E-state index contributed by atoms with van der Waals surface area (Å²) in [5, 5.41) is 3.88. The number of aromatic nitrogens is 1. The Kier molecular flexibility index (Phi) is 4.02. The van der Waals surface area contributed by atoms with E-state index in [0.717, 1.165) is 11.0 Å². The number of nitrogens with two attached hydrogens (primary N) is 1. The van der Waals surface area contributed by atoms with Gasteiger partial charge in [0.1, 0.15) is 11.1 Å². The van der Waals surface area contributed by atoms with Gasteiger partial charge in [-0.3, -0.25) is 9.69 Å². The molecule has 1 aromatic heterocycles. The van der Waals surface area contributed by atoms with Gasteiger partial charge in [-0.1, -0.05) is 0 Å². The Balaban J connectivity index is 2.34. The van der Waals surface area contributed by atoms with Crippen molar-refractivity contribution in [3.05, 3.63) is 22.3 Å². The van der Waals surface area contributed by atoms with E-state index in [2.05, 4.69) is 20.9 Å². The van der Waals surface area contributed by atoms with E-state index < -0.39 is 32.9 Å². The second kappa shape index (κ2) is 5.21. The molecular formula is C10H9BrF3N3O3S. The predicted molar refractivity (Wildman–Crippen MR) is 70.8 cm³/mol. The maximum Gasteiger partial charge on any atom is 0.417 e. The molecule has 1 aromatic rings. The van der Waals surface area contributed by atoms with Gasteiger partial charge in [-0.15, -0.1) is 0 Å². The van der Waals surface area contributed by atoms with Gasteiger partial charge in [-0.05, 0) is 22.0 Å². The van der Waals surface area contributed by atoms with Crippen LogP contribution in [0.5, 0.6) is 0 Å². The van der Waals surface area contributed by atoms with E-state index in [1.54, 1.807) is 0 Å². The van der Waals surface area contributed by atoms with Gasteiger partial charge in [0.2, 0.25) is 15.9 Å². The van der Waals surface area contributed by atoms with Crippen LogP contribution in [-0.2, 0) is 21.0 Å². The highest BCUT2D eigenvalue weighted by molar-refractivity contribution is 9.10. The highest BCUT2D eigenvalue weighted by Gasteiger charge is 2.39. The quantitative estimate of drug-likeness (QED) is 0.826. The standard InChI is InChI=1S/C10H9BrF3N3O3S/c11-7-1-5(10(12,13)14)3-16-9(7)17-4-6(2-8(17)18)21(15,19)20/h1,3,6H,2,4H2,(H2,15,19,20). The van der Waals surface area contributed by atoms with Gasteiger partial charge in [-0.25, -0.2) is 18.5 Å². The number of amides is 1. The molecule has 0 aliphatic carbocycles. The van der Waals surface area contributed by atoms with Crippen LogP contribution in [0.25, 0.3) is 0 Å². The Labute approximate surface area is 126 Å². The second-order valence-corrected chi connectivity index (χ2v) is 7.15. The lowest BCUT2D eigenvalue weighted by molar-refractivity contribution is -0.137. The highest BCUT2D eigenvalue weighted by atomic mass is 79.9. The third-order valence-corrected chi connectivity index (χ3v) is 4.79. The van der Waals surface area contributed by atoms with Crippen molar-refractivity contribution in [2.45, 2.75) is 17.8 Å². The molecule has 11 heteroatoms. The predicted octanol–water partition coefficient (Wildman–Crippen LogP) is 1.26. The lowest BCUT2D eigenvalue weighted by Crippen LogP contribution is -2.32. The third kappa shape index (κ3) is 3.35. The van der Waals surface area contributed by atoms with Gasteiger partial charge in [0.15, 0.2) is 0 Å². The molecular weight excluding hydrogens is 379 g/mol. The molecule has 0 bridgehead atoms. The first-order chi connectivity index (χ1) is 9.50. The summed E-state index contributed by atoms with van der Waals surface area (Å²) in [5.74, 6) is -0.638. The molecule has 1 saturated heterocycles. The summed E-state index contributed by atoms with van der Waals surface area (Å²) in [4.78, 5) is 16.4. The van der Waals surface area contributed by atoms with Crippen molar-refractivity contribution < 1.29 is 26.4 Å². The lowest BCUT2D eigenvalue weighted by atomic mass is 10.2. The number of carbonyl (C=O) groups excluding carboxylic acids is 1. The van der Waals surface area contributed by atoms with Gasteiger partial charge < -0.3 is 0 Å². The van der Waals surface area contributed by atoms with E-state index in [1.165, 1.54) is 0 Å². The molecule has 21 heavy (non-hydrogen) atoms. The summed E-state index contributed by atoms with van der Waals surface area (Å²) in [6, 6.07) is 0.778. The van der Waals surface area contributed by atoms with Crippen molar-refractivity contribution in [3.8, 4) is 0 Å². The molecule has 1 aliphatic rings. The van der Waals surface area contributed by atoms with Crippen LogP contribution in [0.4, 0.5) is 19.0 Å². The molecule has 0 saturated carbocycles. The lowest BCUT2D eigenvalue weighted by Gasteiger charge is -2.17. The Hall–Kier alpha value is -1.20. The van der Waals surface area contributed by atoms with Gasteiger partial charge in [-0.2, -0.15) is 13.2 Å². The van der Waals surface area contributed by atoms with E-state index in [1.807, 2.05) is 0 Å². The number of alkyl halides is 3. The summed E-state index contributed by atoms with van der Waals surface area (Å²) in [7, 11) is -3.91. The number of sulfonamides is 1. The number of anilines is 1. The Morgan fingerprint density at radius 1 is 1.43 bits per heavy atom. The molecule has 2 N–H and O–H groups in total. The maximum absolute atomic E-state index is 12.5. The van der Waals surface area contributed by atoms with Crippen molar-refractivity contribution in [2.24, 2.45) is 5.14 Å². The number of carbonyl (C=O) groups is 1. The largest absolute Gasteiger partial charge is 0.417 e. The minimum Gasteiger partial charge on any atom is -0.294 e. The third-order valence-electron chi connectivity index (χ3n) is 2.96. The number of pyridine rings is 1. The fraction of sp³-hybridized carbons (Fsp3) is 0.400. The van der Waals surface area contributed by atoms with E-state index in [9.17, 15) is 26.4 Å². The summed E-state index contributed by atoms with van der Waals surface area (Å²) in [5.41, 5.74) is -0.979. The van der Waals surface area contributed by atoms with E-state index in [4.69, 9.17) is 5.14 Å². The van der Waals surface area contributed by atoms with Crippen molar-refractivity contribution >= 4 is 37.7 Å². The summed E-state index contributed by atoms with van der Waals surface area (Å²) >= 11 is 2.91. The van der Waals surface area contributed by atoms with Crippen molar-refractivity contribution in [2.75, 3.05) is 11.4 Å². The highest BCUT2D eigenvalue weighted by Crippen LogP contribution is 2.35. The molecule has 2 heterocycles. The fourth-order valence-corrected chi connectivity index (χ4v) is 3.18. The average Bonchev–Trinajstić information content (AvgIpc) is 2.70. The van der Waals surface area contributed by atoms with Gasteiger partial charge in [0.05, 0.1) is 10.0 Å². The van der Waals surface area contributed by atoms with Crippen LogP contribution in [0, 0.1) is 0 Å². The molecule has 1 aliphatic heterocycles. The number of halogens is 4. The van der Waals surface area contributed by atoms with Gasteiger partial charge in [0.25, 0.3) is 0 Å². The molecule has 1 atom stereocenters. The molecule has 1 unspecified atom stereocenters. The van der Waals surface area contributed by atoms with E-state index >= 15 is 0 Å². The smallest absolute Gasteiger partial charge is 0.294 e. The monoisotopic (exact) mass is 387 g/mol. The van der Waals surface area contributed by atoms with E-state index in [-0.39, 0.29) is 23.3 Å². The zero-order chi connectivity index (χ0) is 16.0. The number of primary sulfonamides is 1. The summed E-state index contributed by atoms with van der Waals surface area (Å²) in [6.45, 7) is -0.241. The molecule has 2 rings (SSSR count). The average molecular weight is 388 g/mol. The Morgan fingerprint density at radius 2 is 2.05 bits per heavy atom. The first-order valence-corrected chi connectivity index (χ1v) is 7.95. The minimum absolute atomic E-state index is 0.0549. The SMILES string of the molecule is NS(=O)(=O)C1CC(=O)N(c2ncc(C(F)(F)F)cc2Br)C1. The zero-order valence-electron chi connectivity index (χ0n) is 10.3. The molecule has 0 aromatic carbocycles. The molecule has 0 radical (unpaired) electrons. The van der Waals surface area contributed by atoms with Gasteiger partial charge in [0, 0.05) is 19.2 Å². The van der Waals surface area contributed by atoms with Crippen LogP contribution in [0.1, 0.15) is 12.0 Å². The van der Waals surface area contributed by atoms with Crippen LogP contribution in [0.3, 0.4) is 0 Å². The molecule has 1 fully saturated rings. The zero-order valence-corrected chi connectivity index (χ0v) is 12.7. The Morgan fingerprint density at radius 3 is 2.48 bits per heavy atom. The topological polar surface area (TPSA) is 93.4 Å². The summed E-state index contributed by atoms with van der Waals surface area (Å²) in [6.07, 6.45) is -4.31. The van der Waals surface area contributed by atoms with Crippen LogP contribution in [-0.4, -0.2) is 31.1 Å². The number of rotatable bonds is 2. The van der Waals surface area contributed by atoms with Crippen molar-refractivity contribution in [3.63, 3.8) is 0 Å². The van der Waals surface area contributed by atoms with Crippen LogP contribution < -0.4 is 10.0 Å². The van der Waals surface area contributed by atoms with Crippen LogP contribution >= 0.6 is 15.9 Å². The number of nitrogens with zero attached hydrogens (tertiary/aromatic N) is 2. The van der Waals surface area contributed by atoms with Crippen LogP contribution in [0.15, 0.2) is 16.7 Å². The number of hydrogen-bond donors (Lipinski definition) is 1. The minimum atomic E-state index is -4.56. The second-order valence-electron chi connectivity index (χ2n) is 4.45. The normalized spacial score (nSPS) is 20.1. The molecule has 116 valence electrons. The molecule has 6 nitrogen and oxygen atoms in total. The molecule has 1 amide bonds. The maximum atomic E-state index is 12.5. The Bertz CT molecular complexity index is 693. The fourth-order valence-electron chi connectivity index (χ4n) is 1.88. The van der Waals surface area contributed by atoms with E-state index in [0.29, 0.717) is 6.20 Å². The van der Waals surface area contributed by atoms with Crippen molar-refractivity contribution in [1.82, 2.24) is 4.98 Å².